The van der Waals surface area contributed by atoms with Crippen LogP contribution in [0.5, 0.6) is 5.75 Å². The van der Waals surface area contributed by atoms with Crippen LogP contribution in [0, 0.1) is 6.92 Å². The molecular formula is C23H30N2O3S2. The van der Waals surface area contributed by atoms with Crippen molar-refractivity contribution < 1.29 is 13.2 Å². The SMILES string of the molecule is Cc1ccc(S(=O)(=O)N2CCSc3ccc(OCCCN4CCCC4C)cc32)cc1. The van der Waals surface area contributed by atoms with Gasteiger partial charge in [-0.3, -0.25) is 4.31 Å². The summed E-state index contributed by atoms with van der Waals surface area (Å²) in [5, 5.41) is 0. The van der Waals surface area contributed by atoms with Crippen molar-refractivity contribution in [1.29, 1.82) is 0 Å². The summed E-state index contributed by atoms with van der Waals surface area (Å²) in [5.41, 5.74) is 1.76. The first kappa shape index (κ1) is 21.5. The fourth-order valence-electron chi connectivity index (χ4n) is 4.13. The molecule has 4 rings (SSSR count). The Hall–Kier alpha value is -1.70. The summed E-state index contributed by atoms with van der Waals surface area (Å²) in [6.45, 7) is 7.58. The zero-order chi connectivity index (χ0) is 21.1. The predicted molar refractivity (Wildman–Crippen MR) is 123 cm³/mol. The maximum absolute atomic E-state index is 13.3. The van der Waals surface area contributed by atoms with Crippen molar-refractivity contribution in [2.75, 3.05) is 36.3 Å². The van der Waals surface area contributed by atoms with E-state index in [1.165, 1.54) is 23.7 Å². The third kappa shape index (κ3) is 4.63. The first-order valence-electron chi connectivity index (χ1n) is 10.7. The van der Waals surface area contributed by atoms with Crippen LogP contribution in [0.4, 0.5) is 5.69 Å². The summed E-state index contributed by atoms with van der Waals surface area (Å²) >= 11 is 1.69. The van der Waals surface area contributed by atoms with Crippen LogP contribution in [-0.4, -0.2) is 51.4 Å². The number of thioether (sulfide) groups is 1. The van der Waals surface area contributed by atoms with Gasteiger partial charge in [0.15, 0.2) is 0 Å². The highest BCUT2D eigenvalue weighted by Crippen LogP contribution is 2.40. The minimum atomic E-state index is -3.59. The fourth-order valence-corrected chi connectivity index (χ4v) is 6.76. The number of sulfonamides is 1. The Morgan fingerprint density at radius 3 is 2.67 bits per heavy atom. The summed E-state index contributed by atoms with van der Waals surface area (Å²) < 4.78 is 34.1. The molecule has 7 heteroatoms. The first-order chi connectivity index (χ1) is 14.4. The van der Waals surface area contributed by atoms with E-state index in [9.17, 15) is 8.42 Å². The Labute approximate surface area is 184 Å². The van der Waals surface area contributed by atoms with Crippen LogP contribution >= 0.6 is 11.8 Å². The van der Waals surface area contributed by atoms with Gasteiger partial charge in [-0.2, -0.15) is 0 Å². The van der Waals surface area contributed by atoms with Gasteiger partial charge in [-0.25, -0.2) is 8.42 Å². The van der Waals surface area contributed by atoms with E-state index in [0.717, 1.165) is 40.6 Å². The second-order valence-electron chi connectivity index (χ2n) is 8.10. The lowest BCUT2D eigenvalue weighted by Gasteiger charge is -2.30. The van der Waals surface area contributed by atoms with E-state index >= 15 is 0 Å². The number of nitrogens with zero attached hydrogens (tertiary/aromatic N) is 2. The van der Waals surface area contributed by atoms with E-state index < -0.39 is 10.0 Å². The number of anilines is 1. The minimum Gasteiger partial charge on any atom is -0.493 e. The molecule has 2 aliphatic rings. The molecule has 1 atom stereocenters. The van der Waals surface area contributed by atoms with E-state index in [1.54, 1.807) is 23.9 Å². The van der Waals surface area contributed by atoms with Crippen LogP contribution in [0.25, 0.3) is 0 Å². The molecule has 0 aromatic heterocycles. The highest BCUT2D eigenvalue weighted by atomic mass is 32.2. The van der Waals surface area contributed by atoms with Crippen LogP contribution in [0.2, 0.25) is 0 Å². The van der Waals surface area contributed by atoms with E-state index in [2.05, 4.69) is 11.8 Å². The maximum Gasteiger partial charge on any atom is 0.264 e. The zero-order valence-corrected chi connectivity index (χ0v) is 19.3. The Morgan fingerprint density at radius 2 is 1.93 bits per heavy atom. The molecule has 0 saturated carbocycles. The van der Waals surface area contributed by atoms with Gasteiger partial charge in [0, 0.05) is 35.8 Å². The Kier molecular flexibility index (Phi) is 6.60. The van der Waals surface area contributed by atoms with Crippen molar-refractivity contribution in [1.82, 2.24) is 4.90 Å². The Balaban J connectivity index is 1.46. The normalized spacial score (nSPS) is 19.7. The molecule has 2 aromatic carbocycles. The van der Waals surface area contributed by atoms with Crippen LogP contribution in [0.3, 0.4) is 0 Å². The second kappa shape index (κ2) is 9.20. The Morgan fingerprint density at radius 1 is 1.13 bits per heavy atom. The molecule has 0 N–H and O–H groups in total. The van der Waals surface area contributed by atoms with Crippen molar-refractivity contribution in [2.24, 2.45) is 0 Å². The summed E-state index contributed by atoms with van der Waals surface area (Å²) in [6.07, 6.45) is 3.55. The summed E-state index contributed by atoms with van der Waals surface area (Å²) in [6, 6.07) is 13.5. The molecule has 1 unspecified atom stereocenters. The maximum atomic E-state index is 13.3. The van der Waals surface area contributed by atoms with E-state index in [0.29, 0.717) is 24.1 Å². The fraction of sp³-hybridized carbons (Fsp3) is 0.478. The molecule has 2 aromatic rings. The van der Waals surface area contributed by atoms with Gasteiger partial charge in [0.1, 0.15) is 5.75 Å². The predicted octanol–water partition coefficient (Wildman–Crippen LogP) is 4.55. The highest BCUT2D eigenvalue weighted by Gasteiger charge is 2.30. The average Bonchev–Trinajstić information content (AvgIpc) is 3.15. The van der Waals surface area contributed by atoms with Crippen molar-refractivity contribution in [3.63, 3.8) is 0 Å². The monoisotopic (exact) mass is 446 g/mol. The number of hydrogen-bond acceptors (Lipinski definition) is 5. The van der Waals surface area contributed by atoms with Crippen molar-refractivity contribution >= 4 is 27.5 Å². The summed E-state index contributed by atoms with van der Waals surface area (Å²) in [7, 11) is -3.59. The molecule has 0 radical (unpaired) electrons. The van der Waals surface area contributed by atoms with Crippen molar-refractivity contribution in [2.45, 2.75) is 48.9 Å². The third-order valence-electron chi connectivity index (χ3n) is 5.91. The number of benzene rings is 2. The molecule has 0 bridgehead atoms. The molecule has 0 amide bonds. The average molecular weight is 447 g/mol. The van der Waals surface area contributed by atoms with E-state index in [4.69, 9.17) is 4.74 Å². The number of ether oxygens (including phenoxy) is 1. The van der Waals surface area contributed by atoms with Gasteiger partial charge in [-0.1, -0.05) is 17.7 Å². The molecule has 2 heterocycles. The third-order valence-corrected chi connectivity index (χ3v) is 8.78. The lowest BCUT2D eigenvalue weighted by Crippen LogP contribution is -2.35. The molecule has 0 aliphatic carbocycles. The van der Waals surface area contributed by atoms with Gasteiger partial charge >= 0.3 is 0 Å². The van der Waals surface area contributed by atoms with Gasteiger partial charge in [-0.05, 0) is 63.9 Å². The number of hydrogen-bond donors (Lipinski definition) is 0. The number of aryl methyl sites for hydroxylation is 1. The van der Waals surface area contributed by atoms with Gasteiger partial charge in [-0.15, -0.1) is 11.8 Å². The first-order valence-corrected chi connectivity index (χ1v) is 13.1. The lowest BCUT2D eigenvalue weighted by atomic mass is 10.2. The van der Waals surface area contributed by atoms with Crippen molar-refractivity contribution in [3.05, 3.63) is 48.0 Å². The summed E-state index contributed by atoms with van der Waals surface area (Å²) in [4.78, 5) is 3.83. The second-order valence-corrected chi connectivity index (χ2v) is 11.1. The van der Waals surface area contributed by atoms with Crippen molar-refractivity contribution in [3.8, 4) is 5.75 Å². The molecule has 2 aliphatic heterocycles. The highest BCUT2D eigenvalue weighted by molar-refractivity contribution is 8.00. The topological polar surface area (TPSA) is 49.9 Å². The quantitative estimate of drug-likeness (QED) is 0.584. The zero-order valence-electron chi connectivity index (χ0n) is 17.7. The lowest BCUT2D eigenvalue weighted by molar-refractivity contribution is 0.230. The molecule has 1 fully saturated rings. The van der Waals surface area contributed by atoms with E-state index in [-0.39, 0.29) is 0 Å². The molecule has 0 spiro atoms. The smallest absolute Gasteiger partial charge is 0.264 e. The van der Waals surface area contributed by atoms with Crippen LogP contribution in [0.15, 0.2) is 52.3 Å². The van der Waals surface area contributed by atoms with Gasteiger partial charge in [0.05, 0.1) is 17.2 Å². The molecular weight excluding hydrogens is 416 g/mol. The van der Waals surface area contributed by atoms with Crippen LogP contribution in [-0.2, 0) is 10.0 Å². The molecule has 1 saturated heterocycles. The standard InChI is InChI=1S/C23H30N2O3S2/c1-18-6-9-21(10-7-18)30(26,27)25-14-16-29-23-11-8-20(17-22(23)25)28-15-4-13-24-12-3-5-19(24)2/h6-11,17,19H,3-5,12-16H2,1-2H3. The number of fused-ring (bicyclic) bond motifs is 1. The molecule has 162 valence electrons. The van der Waals surface area contributed by atoms with Gasteiger partial charge in [0.2, 0.25) is 0 Å². The van der Waals surface area contributed by atoms with E-state index in [1.807, 2.05) is 37.3 Å². The summed E-state index contributed by atoms with van der Waals surface area (Å²) in [5.74, 6) is 1.47. The molecule has 30 heavy (non-hydrogen) atoms. The Bertz CT molecular complexity index is 976. The van der Waals surface area contributed by atoms with Crippen LogP contribution in [0.1, 0.15) is 31.7 Å². The largest absolute Gasteiger partial charge is 0.493 e. The minimum absolute atomic E-state index is 0.331. The van der Waals surface area contributed by atoms with Gasteiger partial charge in [0.25, 0.3) is 10.0 Å². The number of rotatable bonds is 7. The molecule has 5 nitrogen and oxygen atoms in total. The number of likely N-dealkylation sites (tertiary alicyclic amines) is 1. The van der Waals surface area contributed by atoms with Crippen LogP contribution < -0.4 is 9.04 Å². The van der Waals surface area contributed by atoms with Gasteiger partial charge < -0.3 is 9.64 Å².